The van der Waals surface area contributed by atoms with Crippen LogP contribution >= 0.6 is 11.3 Å². The molecule has 0 radical (unpaired) electrons. The summed E-state index contributed by atoms with van der Waals surface area (Å²) in [6, 6.07) is 20.0. The van der Waals surface area contributed by atoms with Gasteiger partial charge in [0, 0.05) is 9.58 Å². The van der Waals surface area contributed by atoms with E-state index >= 15 is 0 Å². The summed E-state index contributed by atoms with van der Waals surface area (Å²) in [5, 5.41) is 1.37. The molecule has 104 valence electrons. The van der Waals surface area contributed by atoms with Crippen molar-refractivity contribution in [3.8, 4) is 0 Å². The molecule has 0 bridgehead atoms. The Bertz CT molecular complexity index is 803. The van der Waals surface area contributed by atoms with Crippen LogP contribution in [0.4, 0.5) is 0 Å². The Morgan fingerprint density at radius 2 is 1.81 bits per heavy atom. The minimum Gasteiger partial charge on any atom is -0.136 e. The van der Waals surface area contributed by atoms with Crippen molar-refractivity contribution in [3.63, 3.8) is 0 Å². The Hall–Kier alpha value is -1.86. The third-order valence-electron chi connectivity index (χ3n) is 4.30. The molecule has 21 heavy (non-hydrogen) atoms. The predicted molar refractivity (Wildman–Crippen MR) is 93.7 cm³/mol. The lowest BCUT2D eigenvalue weighted by atomic mass is 10.0. The second-order valence-corrected chi connectivity index (χ2v) is 6.77. The van der Waals surface area contributed by atoms with E-state index in [4.69, 9.17) is 0 Å². The molecule has 0 spiro atoms. The van der Waals surface area contributed by atoms with Gasteiger partial charge in [0.25, 0.3) is 0 Å². The van der Waals surface area contributed by atoms with Crippen molar-refractivity contribution in [1.82, 2.24) is 0 Å². The molecule has 1 aliphatic carbocycles. The molecule has 0 atom stereocenters. The monoisotopic (exact) mass is 290 g/mol. The fourth-order valence-corrected chi connectivity index (χ4v) is 4.46. The SMILES string of the molecule is CCCC1=C(c2cc3ccccc3s2)Cc2ccccc21. The minimum atomic E-state index is 1.10. The fourth-order valence-electron chi connectivity index (χ4n) is 3.33. The normalized spacial score (nSPS) is 14.0. The Balaban J connectivity index is 1.88. The first-order valence-corrected chi connectivity index (χ1v) is 8.47. The smallest absolute Gasteiger partial charge is 0.0349 e. The maximum absolute atomic E-state index is 2.37. The van der Waals surface area contributed by atoms with E-state index in [0.717, 1.165) is 6.42 Å². The van der Waals surface area contributed by atoms with E-state index in [2.05, 4.69) is 61.5 Å². The van der Waals surface area contributed by atoms with Gasteiger partial charge in [-0.2, -0.15) is 0 Å². The van der Waals surface area contributed by atoms with Gasteiger partial charge < -0.3 is 0 Å². The first-order valence-electron chi connectivity index (χ1n) is 7.66. The summed E-state index contributed by atoms with van der Waals surface area (Å²) in [6.07, 6.45) is 3.48. The molecule has 0 nitrogen and oxygen atoms in total. The predicted octanol–water partition coefficient (Wildman–Crippen LogP) is 6.17. The quantitative estimate of drug-likeness (QED) is 0.541. The van der Waals surface area contributed by atoms with E-state index in [0.29, 0.717) is 0 Å². The molecule has 1 heterocycles. The van der Waals surface area contributed by atoms with Gasteiger partial charge in [-0.05, 0) is 52.6 Å². The molecule has 1 heteroatoms. The van der Waals surface area contributed by atoms with Crippen molar-refractivity contribution in [1.29, 1.82) is 0 Å². The third kappa shape index (κ3) is 2.13. The third-order valence-corrected chi connectivity index (χ3v) is 5.47. The molecule has 0 N–H and O–H groups in total. The molecule has 0 aliphatic heterocycles. The molecule has 0 saturated heterocycles. The highest BCUT2D eigenvalue weighted by atomic mass is 32.1. The summed E-state index contributed by atoms with van der Waals surface area (Å²) >= 11 is 1.94. The van der Waals surface area contributed by atoms with Crippen LogP contribution in [-0.2, 0) is 6.42 Å². The topological polar surface area (TPSA) is 0 Å². The molecule has 0 saturated carbocycles. The van der Waals surface area contributed by atoms with E-state index in [1.807, 2.05) is 11.3 Å². The van der Waals surface area contributed by atoms with Crippen LogP contribution < -0.4 is 0 Å². The average Bonchev–Trinajstić information content (AvgIpc) is 3.09. The Morgan fingerprint density at radius 3 is 2.67 bits per heavy atom. The zero-order valence-corrected chi connectivity index (χ0v) is 13.0. The van der Waals surface area contributed by atoms with Crippen molar-refractivity contribution < 1.29 is 0 Å². The summed E-state index contributed by atoms with van der Waals surface area (Å²) in [7, 11) is 0. The van der Waals surface area contributed by atoms with Gasteiger partial charge in [-0.3, -0.25) is 0 Å². The van der Waals surface area contributed by atoms with Crippen LogP contribution in [0.1, 0.15) is 35.8 Å². The lowest BCUT2D eigenvalue weighted by molar-refractivity contribution is 0.976. The molecule has 0 amide bonds. The summed E-state index contributed by atoms with van der Waals surface area (Å²) in [5.74, 6) is 0. The van der Waals surface area contributed by atoms with Crippen LogP contribution in [-0.4, -0.2) is 0 Å². The zero-order chi connectivity index (χ0) is 14.2. The van der Waals surface area contributed by atoms with E-state index in [1.54, 1.807) is 11.1 Å². The van der Waals surface area contributed by atoms with Gasteiger partial charge in [-0.25, -0.2) is 0 Å². The maximum Gasteiger partial charge on any atom is 0.0349 e. The minimum absolute atomic E-state index is 1.10. The molecule has 3 aromatic rings. The summed E-state index contributed by atoms with van der Waals surface area (Å²) in [6.45, 7) is 2.27. The number of rotatable bonds is 3. The molecule has 0 fully saturated rings. The number of fused-ring (bicyclic) bond motifs is 2. The zero-order valence-electron chi connectivity index (χ0n) is 12.2. The first-order chi connectivity index (χ1) is 10.4. The lowest BCUT2D eigenvalue weighted by Crippen LogP contribution is -1.83. The fraction of sp³-hybridized carbons (Fsp3) is 0.200. The van der Waals surface area contributed by atoms with E-state index in [1.165, 1.54) is 38.9 Å². The van der Waals surface area contributed by atoms with Gasteiger partial charge in [0.2, 0.25) is 0 Å². The molecule has 0 unspecified atom stereocenters. The van der Waals surface area contributed by atoms with Crippen molar-refractivity contribution in [2.75, 3.05) is 0 Å². The van der Waals surface area contributed by atoms with Crippen molar-refractivity contribution in [3.05, 3.63) is 70.6 Å². The summed E-state index contributed by atoms with van der Waals surface area (Å²) in [5.41, 5.74) is 6.10. The van der Waals surface area contributed by atoms with Crippen molar-refractivity contribution in [2.24, 2.45) is 0 Å². The molecule has 2 aromatic carbocycles. The highest BCUT2D eigenvalue weighted by molar-refractivity contribution is 7.20. The van der Waals surface area contributed by atoms with Crippen LogP contribution in [0.25, 0.3) is 21.2 Å². The van der Waals surface area contributed by atoms with Gasteiger partial charge in [-0.1, -0.05) is 55.8 Å². The van der Waals surface area contributed by atoms with Gasteiger partial charge in [0.05, 0.1) is 0 Å². The highest BCUT2D eigenvalue weighted by Gasteiger charge is 2.22. The lowest BCUT2D eigenvalue weighted by Gasteiger charge is -2.05. The summed E-state index contributed by atoms with van der Waals surface area (Å²) in [4.78, 5) is 1.45. The van der Waals surface area contributed by atoms with Crippen LogP contribution in [0, 0.1) is 0 Å². The van der Waals surface area contributed by atoms with Crippen LogP contribution in [0.2, 0.25) is 0 Å². The number of hydrogen-bond acceptors (Lipinski definition) is 1. The Kier molecular flexibility index (Phi) is 3.16. The molecule has 4 rings (SSSR count). The number of thiophene rings is 1. The van der Waals surface area contributed by atoms with E-state index in [9.17, 15) is 0 Å². The molecular formula is C20H18S. The maximum atomic E-state index is 2.37. The largest absolute Gasteiger partial charge is 0.136 e. The summed E-state index contributed by atoms with van der Waals surface area (Å²) < 4.78 is 1.40. The Labute approximate surface area is 129 Å². The molecule has 1 aromatic heterocycles. The van der Waals surface area contributed by atoms with Crippen LogP contribution in [0.5, 0.6) is 0 Å². The van der Waals surface area contributed by atoms with E-state index < -0.39 is 0 Å². The van der Waals surface area contributed by atoms with Gasteiger partial charge >= 0.3 is 0 Å². The second kappa shape index (κ2) is 5.16. The first kappa shape index (κ1) is 12.8. The highest BCUT2D eigenvalue weighted by Crippen LogP contribution is 2.43. The van der Waals surface area contributed by atoms with E-state index in [-0.39, 0.29) is 0 Å². The number of hydrogen-bond donors (Lipinski definition) is 0. The number of benzene rings is 2. The van der Waals surface area contributed by atoms with Gasteiger partial charge in [0.1, 0.15) is 0 Å². The van der Waals surface area contributed by atoms with Gasteiger partial charge in [0.15, 0.2) is 0 Å². The van der Waals surface area contributed by atoms with Gasteiger partial charge in [-0.15, -0.1) is 11.3 Å². The molecule has 1 aliphatic rings. The standard InChI is InChI=1S/C20H18S/c1-2-7-17-16-10-5-3-8-14(16)12-18(17)20-13-15-9-4-6-11-19(15)21-20/h3-6,8-11,13H,2,7,12H2,1H3. The van der Waals surface area contributed by atoms with Crippen LogP contribution in [0.15, 0.2) is 54.6 Å². The second-order valence-electron chi connectivity index (χ2n) is 5.69. The average molecular weight is 290 g/mol. The van der Waals surface area contributed by atoms with Crippen LogP contribution in [0.3, 0.4) is 0 Å². The van der Waals surface area contributed by atoms with Crippen molar-refractivity contribution >= 4 is 32.6 Å². The Morgan fingerprint density at radius 1 is 1.00 bits per heavy atom. The number of allylic oxidation sites excluding steroid dienone is 2. The molecular weight excluding hydrogens is 272 g/mol. The van der Waals surface area contributed by atoms with Crippen molar-refractivity contribution in [2.45, 2.75) is 26.2 Å².